The molecule has 1 unspecified atom stereocenters. The van der Waals surface area contributed by atoms with Crippen molar-refractivity contribution in [1.82, 2.24) is 0 Å². The van der Waals surface area contributed by atoms with E-state index in [0.29, 0.717) is 0 Å². The molecular weight excluding hydrogens is 182 g/mol. The first kappa shape index (κ1) is 8.66. The van der Waals surface area contributed by atoms with Crippen LogP contribution in [0, 0.1) is 5.41 Å². The van der Waals surface area contributed by atoms with E-state index >= 15 is 0 Å². The number of nitrogens with zero attached hydrogens (tertiary/aromatic N) is 1. The van der Waals surface area contributed by atoms with Crippen molar-refractivity contribution >= 4 is 17.5 Å². The van der Waals surface area contributed by atoms with E-state index in [1.54, 1.807) is 0 Å². The maximum atomic E-state index is 4.55. The molecule has 0 saturated heterocycles. The minimum absolute atomic E-state index is 0.100. The lowest BCUT2D eigenvalue weighted by atomic mass is 9.73. The van der Waals surface area contributed by atoms with Crippen LogP contribution in [-0.4, -0.2) is 6.21 Å². The van der Waals surface area contributed by atoms with Crippen LogP contribution in [0.4, 0.5) is 5.69 Å². The lowest BCUT2D eigenvalue weighted by Gasteiger charge is -2.33. The summed E-state index contributed by atoms with van der Waals surface area (Å²) in [6, 6.07) is 8.36. The largest absolute Gasteiger partial charge is 0.260 e. The Morgan fingerprint density at radius 1 is 1.27 bits per heavy atom. The Morgan fingerprint density at radius 2 is 2.13 bits per heavy atom. The first-order valence-corrected chi connectivity index (χ1v) is 5.31. The topological polar surface area (TPSA) is 12.4 Å². The van der Waals surface area contributed by atoms with Crippen LogP contribution in [0.25, 0.3) is 5.57 Å². The number of hydrogen-bond acceptors (Lipinski definition) is 1. The maximum absolute atomic E-state index is 4.55. The van der Waals surface area contributed by atoms with E-state index < -0.39 is 0 Å². The summed E-state index contributed by atoms with van der Waals surface area (Å²) in [7, 11) is 0. The second-order valence-electron chi connectivity index (χ2n) is 4.41. The summed E-state index contributed by atoms with van der Waals surface area (Å²) in [5.74, 6) is 0. The molecule has 1 heteroatoms. The summed E-state index contributed by atoms with van der Waals surface area (Å²) in [6.07, 6.45) is 9.71. The summed E-state index contributed by atoms with van der Waals surface area (Å²) in [4.78, 5) is 4.55. The van der Waals surface area contributed by atoms with Crippen LogP contribution in [0.5, 0.6) is 0 Å². The predicted octanol–water partition coefficient (Wildman–Crippen LogP) is 3.75. The van der Waals surface area contributed by atoms with Gasteiger partial charge in [0.05, 0.1) is 5.69 Å². The van der Waals surface area contributed by atoms with Gasteiger partial charge in [0.2, 0.25) is 0 Å². The molecule has 1 aromatic carbocycles. The van der Waals surface area contributed by atoms with Gasteiger partial charge >= 0.3 is 0 Å². The van der Waals surface area contributed by atoms with Crippen LogP contribution in [-0.2, 0) is 0 Å². The molecule has 1 nitrogen and oxygen atoms in total. The third kappa shape index (κ3) is 1.19. The molecule has 0 saturated carbocycles. The third-order valence-electron chi connectivity index (χ3n) is 3.24. The lowest BCUT2D eigenvalue weighted by Crippen LogP contribution is -2.23. The van der Waals surface area contributed by atoms with Crippen molar-refractivity contribution in [2.45, 2.75) is 13.3 Å². The number of hydrogen-bond donors (Lipinski definition) is 0. The molecule has 0 radical (unpaired) electrons. The summed E-state index contributed by atoms with van der Waals surface area (Å²) in [5.41, 5.74) is 3.88. The van der Waals surface area contributed by atoms with Crippen LogP contribution in [0.3, 0.4) is 0 Å². The maximum Gasteiger partial charge on any atom is 0.0701 e. The molecule has 2 aliphatic rings. The first-order chi connectivity index (χ1) is 7.30. The Labute approximate surface area is 89.9 Å². The van der Waals surface area contributed by atoms with Crippen molar-refractivity contribution in [2.24, 2.45) is 10.4 Å². The van der Waals surface area contributed by atoms with Crippen LogP contribution >= 0.6 is 0 Å². The Morgan fingerprint density at radius 3 is 3.07 bits per heavy atom. The van der Waals surface area contributed by atoms with Crippen molar-refractivity contribution in [2.75, 3.05) is 0 Å². The average Bonchev–Trinajstić information content (AvgIpc) is 2.28. The molecule has 1 atom stereocenters. The van der Waals surface area contributed by atoms with Gasteiger partial charge in [0.1, 0.15) is 0 Å². The fourth-order valence-corrected chi connectivity index (χ4v) is 2.32. The molecule has 0 bridgehead atoms. The molecule has 1 heterocycles. The van der Waals surface area contributed by atoms with E-state index in [1.807, 2.05) is 6.07 Å². The first-order valence-electron chi connectivity index (χ1n) is 5.31. The molecule has 0 aromatic heterocycles. The molecule has 74 valence electrons. The molecule has 0 amide bonds. The van der Waals surface area contributed by atoms with E-state index in [0.717, 1.165) is 12.1 Å². The van der Waals surface area contributed by atoms with Crippen LogP contribution in [0.2, 0.25) is 0 Å². The number of rotatable bonds is 0. The van der Waals surface area contributed by atoms with E-state index in [9.17, 15) is 0 Å². The van der Waals surface area contributed by atoms with Crippen molar-refractivity contribution in [3.63, 3.8) is 0 Å². The minimum Gasteiger partial charge on any atom is -0.260 e. The van der Waals surface area contributed by atoms with Gasteiger partial charge in [-0.15, -0.1) is 0 Å². The third-order valence-corrected chi connectivity index (χ3v) is 3.24. The van der Waals surface area contributed by atoms with Crippen molar-refractivity contribution in [1.29, 1.82) is 0 Å². The molecule has 0 spiro atoms. The second-order valence-corrected chi connectivity index (χ2v) is 4.41. The Hall–Kier alpha value is -1.63. The molecule has 1 aliphatic heterocycles. The zero-order chi connectivity index (χ0) is 10.3. The van der Waals surface area contributed by atoms with E-state index in [-0.39, 0.29) is 5.41 Å². The van der Waals surface area contributed by atoms with Gasteiger partial charge in [-0.1, -0.05) is 43.4 Å². The standard InChI is InChI=1S/C14H13N/c1-14-9-5-4-7-12(14)11-6-2-3-8-13(11)15-10-14/h2-8,10H,9H2,1H3. The molecule has 1 aliphatic carbocycles. The van der Waals surface area contributed by atoms with Gasteiger partial charge in [-0.05, 0) is 18.1 Å². The number of benzene rings is 1. The number of allylic oxidation sites excluding steroid dienone is 4. The molecular formula is C14H13N. The molecule has 0 N–H and O–H groups in total. The van der Waals surface area contributed by atoms with E-state index in [2.05, 4.69) is 54.6 Å². The Kier molecular flexibility index (Phi) is 1.69. The van der Waals surface area contributed by atoms with Crippen LogP contribution in [0.1, 0.15) is 18.9 Å². The highest BCUT2D eigenvalue weighted by molar-refractivity contribution is 5.96. The van der Waals surface area contributed by atoms with Gasteiger partial charge < -0.3 is 0 Å². The normalized spacial score (nSPS) is 26.9. The highest BCUT2D eigenvalue weighted by Crippen LogP contribution is 2.45. The fraction of sp³-hybridized carbons (Fsp3) is 0.214. The van der Waals surface area contributed by atoms with Gasteiger partial charge in [-0.25, -0.2) is 0 Å². The van der Waals surface area contributed by atoms with Crippen molar-refractivity contribution < 1.29 is 0 Å². The number of para-hydroxylation sites is 1. The zero-order valence-electron chi connectivity index (χ0n) is 8.77. The predicted molar refractivity (Wildman–Crippen MR) is 64.4 cm³/mol. The highest BCUT2D eigenvalue weighted by atomic mass is 14.8. The van der Waals surface area contributed by atoms with Crippen LogP contribution < -0.4 is 0 Å². The number of aliphatic imine (C=N–C) groups is 1. The zero-order valence-corrected chi connectivity index (χ0v) is 8.77. The smallest absolute Gasteiger partial charge is 0.0701 e. The lowest BCUT2D eigenvalue weighted by molar-refractivity contribution is 0.634. The van der Waals surface area contributed by atoms with Gasteiger partial charge in [0, 0.05) is 17.2 Å². The summed E-state index contributed by atoms with van der Waals surface area (Å²) < 4.78 is 0. The Bertz CT molecular complexity index is 494. The SMILES string of the molecule is CC12C=Nc3ccccc3C1=CC=CC2. The van der Waals surface area contributed by atoms with Gasteiger partial charge in [0.15, 0.2) is 0 Å². The van der Waals surface area contributed by atoms with Crippen molar-refractivity contribution in [3.05, 3.63) is 48.1 Å². The molecule has 15 heavy (non-hydrogen) atoms. The molecule has 3 rings (SSSR count). The summed E-state index contributed by atoms with van der Waals surface area (Å²) in [6.45, 7) is 2.25. The van der Waals surface area contributed by atoms with Crippen LogP contribution in [0.15, 0.2) is 47.5 Å². The van der Waals surface area contributed by atoms with Crippen molar-refractivity contribution in [3.8, 4) is 0 Å². The summed E-state index contributed by atoms with van der Waals surface area (Å²) in [5, 5.41) is 0. The number of fused-ring (bicyclic) bond motifs is 3. The molecule has 0 fully saturated rings. The second kappa shape index (κ2) is 2.93. The quantitative estimate of drug-likeness (QED) is 0.597. The van der Waals surface area contributed by atoms with E-state index in [1.165, 1.54) is 11.1 Å². The van der Waals surface area contributed by atoms with Gasteiger partial charge in [-0.2, -0.15) is 0 Å². The minimum atomic E-state index is 0.100. The summed E-state index contributed by atoms with van der Waals surface area (Å²) >= 11 is 0. The highest BCUT2D eigenvalue weighted by Gasteiger charge is 2.32. The van der Waals surface area contributed by atoms with E-state index in [4.69, 9.17) is 0 Å². The fourth-order valence-electron chi connectivity index (χ4n) is 2.32. The Balaban J connectivity index is 2.26. The average molecular weight is 195 g/mol. The van der Waals surface area contributed by atoms with Gasteiger partial charge in [-0.3, -0.25) is 4.99 Å². The molecule has 1 aromatic rings. The monoisotopic (exact) mass is 195 g/mol. The van der Waals surface area contributed by atoms with Gasteiger partial charge in [0.25, 0.3) is 0 Å².